The Morgan fingerprint density at radius 2 is 2.00 bits per heavy atom. The summed E-state index contributed by atoms with van der Waals surface area (Å²) in [6.07, 6.45) is 9.38. The molecule has 1 saturated heterocycles. The van der Waals surface area contributed by atoms with E-state index in [-0.39, 0.29) is 11.8 Å². The monoisotopic (exact) mass is 497 g/mol. The largest absolute Gasteiger partial charge is 0.390 e. The predicted molar refractivity (Wildman–Crippen MR) is 143 cm³/mol. The summed E-state index contributed by atoms with van der Waals surface area (Å²) < 4.78 is 2.01. The molecule has 37 heavy (non-hydrogen) atoms. The molecule has 0 spiro atoms. The number of carbonyl (C=O) groups excluding carboxylic acids is 1. The van der Waals surface area contributed by atoms with Gasteiger partial charge in [-0.3, -0.25) is 14.2 Å². The Hall–Kier alpha value is -3.98. The summed E-state index contributed by atoms with van der Waals surface area (Å²) in [5, 5.41) is 16.7. The molecule has 0 unspecified atom stereocenters. The lowest BCUT2D eigenvalue weighted by Gasteiger charge is -2.39. The zero-order valence-corrected chi connectivity index (χ0v) is 21.3. The molecule has 0 radical (unpaired) electrons. The standard InChI is InChI=1S/C28H31N7O2/c1-17-6-4-11-35-22(15-31-26(17)35)25-20-13-32-27(36)24(20)21(14-30-25)33-23-9-8-19(12-29-23)34-10-5-7-18(16-34)28(2,3)37/h4,6,8-9,11-12,14-15,18,37H,5,7,10,13,16H2,1-3H3,(H,29,33)(H,32,36)/t18-/m0/s1. The van der Waals surface area contributed by atoms with Crippen LogP contribution in [-0.2, 0) is 6.54 Å². The van der Waals surface area contributed by atoms with E-state index in [1.165, 1.54) is 0 Å². The van der Waals surface area contributed by atoms with E-state index in [2.05, 4.69) is 25.5 Å². The second-order valence-electron chi connectivity index (χ2n) is 10.6. The average molecular weight is 498 g/mol. The predicted octanol–water partition coefficient (Wildman–Crippen LogP) is 4.07. The number of hydrogen-bond acceptors (Lipinski definition) is 7. The lowest BCUT2D eigenvalue weighted by Crippen LogP contribution is -2.44. The maximum Gasteiger partial charge on any atom is 0.254 e. The van der Waals surface area contributed by atoms with Gasteiger partial charge in [0.15, 0.2) is 0 Å². The van der Waals surface area contributed by atoms with Crippen molar-refractivity contribution in [3.63, 3.8) is 0 Å². The fourth-order valence-corrected chi connectivity index (χ4v) is 5.46. The van der Waals surface area contributed by atoms with Gasteiger partial charge in [0.1, 0.15) is 11.5 Å². The molecular formula is C28H31N7O2. The third kappa shape index (κ3) is 4.19. The highest BCUT2D eigenvalue weighted by atomic mass is 16.3. The van der Waals surface area contributed by atoms with Crippen LogP contribution >= 0.6 is 0 Å². The van der Waals surface area contributed by atoms with Crippen molar-refractivity contribution >= 4 is 28.7 Å². The molecule has 2 aliphatic rings. The number of hydrogen-bond donors (Lipinski definition) is 3. The minimum atomic E-state index is -0.699. The molecule has 0 saturated carbocycles. The number of aryl methyl sites for hydroxylation is 1. The zero-order valence-electron chi connectivity index (χ0n) is 21.3. The van der Waals surface area contributed by atoms with Crippen molar-refractivity contribution in [1.29, 1.82) is 0 Å². The van der Waals surface area contributed by atoms with Crippen LogP contribution in [0.2, 0.25) is 0 Å². The number of pyridine rings is 3. The Balaban J connectivity index is 1.28. The summed E-state index contributed by atoms with van der Waals surface area (Å²) in [4.78, 5) is 29.1. The number of fused-ring (bicyclic) bond motifs is 2. The van der Waals surface area contributed by atoms with Crippen LogP contribution in [0.1, 0.15) is 48.2 Å². The molecule has 0 aromatic carbocycles. The van der Waals surface area contributed by atoms with Crippen LogP contribution < -0.4 is 15.5 Å². The number of aliphatic hydroxyl groups is 1. The first-order valence-corrected chi connectivity index (χ1v) is 12.7. The molecule has 1 fully saturated rings. The van der Waals surface area contributed by atoms with Crippen molar-refractivity contribution in [3.8, 4) is 11.4 Å². The molecule has 4 aromatic heterocycles. The number of imidazole rings is 1. The smallest absolute Gasteiger partial charge is 0.254 e. The average Bonchev–Trinajstić information content (AvgIpc) is 3.50. The van der Waals surface area contributed by atoms with Gasteiger partial charge >= 0.3 is 0 Å². The van der Waals surface area contributed by atoms with Crippen molar-refractivity contribution in [1.82, 2.24) is 24.7 Å². The SMILES string of the molecule is Cc1cccn2c(-c3ncc(Nc4ccc(N5CCC[C@H](C(C)(C)O)C5)cn4)c4c3CNC4=O)cnc12. The van der Waals surface area contributed by atoms with Crippen LogP contribution in [0.25, 0.3) is 17.0 Å². The summed E-state index contributed by atoms with van der Waals surface area (Å²) >= 11 is 0. The van der Waals surface area contributed by atoms with E-state index in [1.54, 1.807) is 6.20 Å². The number of carbonyl (C=O) groups is 1. The highest BCUT2D eigenvalue weighted by molar-refractivity contribution is 6.05. The van der Waals surface area contributed by atoms with Crippen LogP contribution in [-0.4, -0.2) is 49.1 Å². The highest BCUT2D eigenvalue weighted by Gasteiger charge is 2.32. The highest BCUT2D eigenvalue weighted by Crippen LogP contribution is 2.34. The minimum Gasteiger partial charge on any atom is -0.390 e. The van der Waals surface area contributed by atoms with Crippen LogP contribution in [0.4, 0.5) is 17.2 Å². The molecule has 1 atom stereocenters. The first-order chi connectivity index (χ1) is 17.8. The maximum atomic E-state index is 12.8. The van der Waals surface area contributed by atoms with Gasteiger partial charge < -0.3 is 20.6 Å². The number of amides is 1. The van der Waals surface area contributed by atoms with E-state index in [0.29, 0.717) is 23.6 Å². The third-order valence-corrected chi connectivity index (χ3v) is 7.60. The second kappa shape index (κ2) is 8.85. The molecule has 1 amide bonds. The summed E-state index contributed by atoms with van der Waals surface area (Å²) in [7, 11) is 0. The van der Waals surface area contributed by atoms with E-state index in [1.807, 2.05) is 68.0 Å². The Morgan fingerprint density at radius 1 is 1.14 bits per heavy atom. The first-order valence-electron chi connectivity index (χ1n) is 12.7. The van der Waals surface area contributed by atoms with Gasteiger partial charge in [0, 0.05) is 37.3 Å². The Morgan fingerprint density at radius 3 is 2.78 bits per heavy atom. The number of aromatic nitrogens is 4. The third-order valence-electron chi connectivity index (χ3n) is 7.60. The van der Waals surface area contributed by atoms with E-state index in [9.17, 15) is 9.90 Å². The lowest BCUT2D eigenvalue weighted by molar-refractivity contribution is 0.0110. The van der Waals surface area contributed by atoms with Gasteiger partial charge in [0.05, 0.1) is 52.5 Å². The molecular weight excluding hydrogens is 466 g/mol. The van der Waals surface area contributed by atoms with E-state index in [4.69, 9.17) is 4.98 Å². The molecule has 6 heterocycles. The number of rotatable bonds is 5. The molecule has 9 nitrogen and oxygen atoms in total. The van der Waals surface area contributed by atoms with Gasteiger partial charge in [-0.15, -0.1) is 0 Å². The normalized spacial score (nSPS) is 17.7. The van der Waals surface area contributed by atoms with Gasteiger partial charge in [0.25, 0.3) is 5.91 Å². The molecule has 0 aliphatic carbocycles. The lowest BCUT2D eigenvalue weighted by atomic mass is 9.84. The Labute approximate surface area is 215 Å². The summed E-state index contributed by atoms with van der Waals surface area (Å²) in [5.41, 5.74) is 5.93. The summed E-state index contributed by atoms with van der Waals surface area (Å²) in [6.45, 7) is 7.96. The fraction of sp³-hybridized carbons (Fsp3) is 0.357. The minimum absolute atomic E-state index is 0.131. The van der Waals surface area contributed by atoms with Crippen LogP contribution in [0.5, 0.6) is 0 Å². The van der Waals surface area contributed by atoms with E-state index >= 15 is 0 Å². The fourth-order valence-electron chi connectivity index (χ4n) is 5.46. The molecule has 3 N–H and O–H groups in total. The van der Waals surface area contributed by atoms with Crippen molar-refractivity contribution < 1.29 is 9.90 Å². The van der Waals surface area contributed by atoms with E-state index in [0.717, 1.165) is 59.8 Å². The van der Waals surface area contributed by atoms with Crippen LogP contribution in [0.3, 0.4) is 0 Å². The van der Waals surface area contributed by atoms with E-state index < -0.39 is 5.60 Å². The molecule has 0 bridgehead atoms. The quantitative estimate of drug-likeness (QED) is 0.381. The van der Waals surface area contributed by atoms with Crippen LogP contribution in [0.15, 0.2) is 49.1 Å². The molecule has 190 valence electrons. The number of anilines is 3. The van der Waals surface area contributed by atoms with Gasteiger partial charge in [-0.1, -0.05) is 6.07 Å². The Kier molecular flexibility index (Phi) is 5.60. The topological polar surface area (TPSA) is 108 Å². The summed E-state index contributed by atoms with van der Waals surface area (Å²) in [5.74, 6) is 0.733. The molecule has 4 aromatic rings. The van der Waals surface area contributed by atoms with Crippen molar-refractivity contribution in [2.24, 2.45) is 5.92 Å². The molecule has 2 aliphatic heterocycles. The van der Waals surface area contributed by atoms with Crippen LogP contribution in [0, 0.1) is 12.8 Å². The van der Waals surface area contributed by atoms with Crippen molar-refractivity contribution in [2.45, 2.75) is 45.8 Å². The van der Waals surface area contributed by atoms with Gasteiger partial charge in [-0.25, -0.2) is 9.97 Å². The molecule has 9 heteroatoms. The number of nitrogens with one attached hydrogen (secondary N) is 2. The number of nitrogens with zero attached hydrogens (tertiary/aromatic N) is 5. The van der Waals surface area contributed by atoms with Gasteiger partial charge in [-0.2, -0.15) is 0 Å². The Bertz CT molecular complexity index is 1490. The molecule has 6 rings (SSSR count). The summed E-state index contributed by atoms with van der Waals surface area (Å²) in [6, 6.07) is 7.96. The first kappa shape index (κ1) is 23.4. The van der Waals surface area contributed by atoms with Gasteiger partial charge in [0.2, 0.25) is 0 Å². The van der Waals surface area contributed by atoms with Gasteiger partial charge in [-0.05, 0) is 57.4 Å². The van der Waals surface area contributed by atoms with Crippen molar-refractivity contribution in [2.75, 3.05) is 23.3 Å². The zero-order chi connectivity index (χ0) is 25.7. The van der Waals surface area contributed by atoms with Crippen molar-refractivity contribution in [3.05, 3.63) is 65.7 Å². The maximum absolute atomic E-state index is 12.8. The number of piperidine rings is 1. The second-order valence-corrected chi connectivity index (χ2v) is 10.6.